The maximum atomic E-state index is 12.8. The van der Waals surface area contributed by atoms with Crippen molar-refractivity contribution in [1.82, 2.24) is 5.32 Å². The standard InChI is InChI=1S/C24H22N2O4S.ClH/c27-23(9-6-14-26-12-4-1-5-13-26)31-22-8-3-2-7-19(22)24(28)25-16-18-10-11-20-21(15-18)30-17-29-20;/h1-5,7-8,10-13,15H,6,9,14,16-17H2;1H. The first kappa shape index (κ1) is 23.6. The van der Waals surface area contributed by atoms with Crippen LogP contribution >= 0.6 is 11.8 Å². The van der Waals surface area contributed by atoms with Gasteiger partial charge in [0.05, 0.1) is 5.56 Å². The molecule has 8 heteroatoms. The first-order valence-corrected chi connectivity index (χ1v) is 10.9. The maximum Gasteiger partial charge on any atom is 0.252 e. The molecular weight excluding hydrogens is 448 g/mol. The first-order chi connectivity index (χ1) is 15.2. The molecule has 0 bridgehead atoms. The van der Waals surface area contributed by atoms with Gasteiger partial charge >= 0.3 is 0 Å². The third-order valence-corrected chi connectivity index (χ3v) is 5.83. The van der Waals surface area contributed by atoms with Gasteiger partial charge in [-0.05, 0) is 29.8 Å². The molecule has 1 aromatic heterocycles. The monoisotopic (exact) mass is 470 g/mol. The van der Waals surface area contributed by atoms with Crippen LogP contribution in [0, 0.1) is 0 Å². The van der Waals surface area contributed by atoms with E-state index in [2.05, 4.69) is 9.88 Å². The van der Waals surface area contributed by atoms with Crippen LogP contribution in [0.5, 0.6) is 11.5 Å². The number of thioether (sulfide) groups is 1. The van der Waals surface area contributed by atoms with Gasteiger partial charge in [-0.1, -0.05) is 36.0 Å². The summed E-state index contributed by atoms with van der Waals surface area (Å²) in [6.07, 6.45) is 5.16. The van der Waals surface area contributed by atoms with E-state index < -0.39 is 0 Å². The molecule has 2 aromatic carbocycles. The fourth-order valence-corrected chi connectivity index (χ4v) is 4.14. The number of carbonyl (C=O) groups is 2. The molecule has 4 rings (SSSR count). The quantitative estimate of drug-likeness (QED) is 0.388. The van der Waals surface area contributed by atoms with E-state index in [1.54, 1.807) is 12.1 Å². The zero-order chi connectivity index (χ0) is 21.5. The highest BCUT2D eigenvalue weighted by Crippen LogP contribution is 2.32. The molecule has 0 saturated carbocycles. The summed E-state index contributed by atoms with van der Waals surface area (Å²) in [5.41, 5.74) is 1.41. The third kappa shape index (κ3) is 6.24. The van der Waals surface area contributed by atoms with E-state index in [1.165, 1.54) is 0 Å². The van der Waals surface area contributed by atoms with E-state index in [0.717, 1.165) is 30.3 Å². The fraction of sp³-hybridized carbons (Fsp3) is 0.208. The number of halogens is 1. The van der Waals surface area contributed by atoms with Crippen molar-refractivity contribution >= 4 is 22.8 Å². The normalized spacial score (nSPS) is 11.5. The number of fused-ring (bicyclic) bond motifs is 1. The molecule has 3 aromatic rings. The van der Waals surface area contributed by atoms with Gasteiger partial charge in [0.25, 0.3) is 5.91 Å². The predicted octanol–water partition coefficient (Wildman–Crippen LogP) is 0.736. The summed E-state index contributed by atoms with van der Waals surface area (Å²) in [6, 6.07) is 18.7. The summed E-state index contributed by atoms with van der Waals surface area (Å²) in [6.45, 7) is 1.36. The van der Waals surface area contributed by atoms with E-state index in [9.17, 15) is 9.59 Å². The van der Waals surface area contributed by atoms with E-state index in [0.29, 0.717) is 34.9 Å². The molecule has 0 aliphatic carbocycles. The number of aromatic nitrogens is 1. The van der Waals surface area contributed by atoms with Crippen molar-refractivity contribution in [2.75, 3.05) is 6.79 Å². The van der Waals surface area contributed by atoms with Gasteiger partial charge in [-0.15, -0.1) is 0 Å². The molecule has 32 heavy (non-hydrogen) atoms. The van der Waals surface area contributed by atoms with Crippen LogP contribution in [0.3, 0.4) is 0 Å². The van der Waals surface area contributed by atoms with Crippen molar-refractivity contribution in [3.05, 3.63) is 84.2 Å². The number of pyridine rings is 1. The highest BCUT2D eigenvalue weighted by molar-refractivity contribution is 8.13. The lowest BCUT2D eigenvalue weighted by molar-refractivity contribution is -0.697. The largest absolute Gasteiger partial charge is 1.00 e. The van der Waals surface area contributed by atoms with Crippen LogP contribution in [0.15, 0.2) is 78.0 Å². The van der Waals surface area contributed by atoms with E-state index >= 15 is 0 Å². The van der Waals surface area contributed by atoms with Crippen molar-refractivity contribution in [1.29, 1.82) is 0 Å². The van der Waals surface area contributed by atoms with Crippen LogP contribution in [0.1, 0.15) is 28.8 Å². The van der Waals surface area contributed by atoms with Crippen molar-refractivity contribution in [3.8, 4) is 11.5 Å². The van der Waals surface area contributed by atoms with Crippen LogP contribution in [-0.2, 0) is 17.9 Å². The van der Waals surface area contributed by atoms with Crippen molar-refractivity contribution in [3.63, 3.8) is 0 Å². The maximum absolute atomic E-state index is 12.8. The van der Waals surface area contributed by atoms with Gasteiger partial charge in [-0.25, -0.2) is 4.57 Å². The Labute approximate surface area is 197 Å². The summed E-state index contributed by atoms with van der Waals surface area (Å²) in [7, 11) is 0. The molecule has 0 spiro atoms. The highest BCUT2D eigenvalue weighted by atomic mass is 35.5. The zero-order valence-electron chi connectivity index (χ0n) is 17.3. The molecule has 1 N–H and O–H groups in total. The lowest BCUT2D eigenvalue weighted by Crippen LogP contribution is -3.00. The second-order valence-corrected chi connectivity index (χ2v) is 8.16. The Morgan fingerprint density at radius 1 is 0.969 bits per heavy atom. The number of ether oxygens (including phenoxy) is 2. The second-order valence-electron chi connectivity index (χ2n) is 7.06. The number of hydrogen-bond acceptors (Lipinski definition) is 5. The Kier molecular flexibility index (Phi) is 8.53. The number of benzene rings is 2. The van der Waals surface area contributed by atoms with Gasteiger partial charge in [-0.2, -0.15) is 0 Å². The van der Waals surface area contributed by atoms with Gasteiger partial charge < -0.3 is 27.2 Å². The molecule has 0 radical (unpaired) electrons. The molecule has 2 heterocycles. The Bertz CT molecular complexity index is 1080. The van der Waals surface area contributed by atoms with Crippen LogP contribution in [0.2, 0.25) is 0 Å². The zero-order valence-corrected chi connectivity index (χ0v) is 18.9. The molecular formula is C24H23ClN2O4S. The molecule has 0 atom stereocenters. The highest BCUT2D eigenvalue weighted by Gasteiger charge is 2.16. The van der Waals surface area contributed by atoms with Crippen molar-refractivity contribution < 1.29 is 36.0 Å². The van der Waals surface area contributed by atoms with Gasteiger partial charge in [0, 0.05) is 36.4 Å². The predicted molar refractivity (Wildman–Crippen MR) is 117 cm³/mol. The summed E-state index contributed by atoms with van der Waals surface area (Å²) in [4.78, 5) is 25.9. The minimum absolute atomic E-state index is 0. The first-order valence-electron chi connectivity index (χ1n) is 10.1. The van der Waals surface area contributed by atoms with Gasteiger partial charge in [-0.3, -0.25) is 9.59 Å². The Morgan fingerprint density at radius 3 is 2.59 bits per heavy atom. The SMILES string of the molecule is O=C(CCC[n+]1ccccc1)Sc1ccccc1C(=O)NCc1ccc2c(c1)OCO2.[Cl-]. The Hall–Kier alpha value is -3.03. The topological polar surface area (TPSA) is 68.5 Å². The summed E-state index contributed by atoms with van der Waals surface area (Å²) < 4.78 is 12.7. The van der Waals surface area contributed by atoms with E-state index in [4.69, 9.17) is 9.47 Å². The van der Waals surface area contributed by atoms with Gasteiger partial charge in [0.2, 0.25) is 6.79 Å². The van der Waals surface area contributed by atoms with Crippen molar-refractivity contribution in [2.24, 2.45) is 0 Å². The molecule has 0 saturated heterocycles. The van der Waals surface area contributed by atoms with Gasteiger partial charge in [0.1, 0.15) is 6.54 Å². The summed E-state index contributed by atoms with van der Waals surface area (Å²) >= 11 is 1.13. The van der Waals surface area contributed by atoms with Crippen LogP contribution in [0.4, 0.5) is 0 Å². The van der Waals surface area contributed by atoms with Crippen LogP contribution in [-0.4, -0.2) is 17.8 Å². The number of amides is 1. The number of nitrogens with zero attached hydrogens (tertiary/aromatic N) is 1. The Balaban J connectivity index is 0.00000289. The van der Waals surface area contributed by atoms with Gasteiger partial charge in [0.15, 0.2) is 29.0 Å². The smallest absolute Gasteiger partial charge is 0.252 e. The number of aryl methyl sites for hydroxylation is 1. The number of nitrogens with one attached hydrogen (secondary N) is 1. The molecule has 166 valence electrons. The van der Waals surface area contributed by atoms with Crippen molar-refractivity contribution in [2.45, 2.75) is 30.8 Å². The molecule has 0 fully saturated rings. The second kappa shape index (κ2) is 11.5. The molecule has 1 amide bonds. The summed E-state index contributed by atoms with van der Waals surface area (Å²) in [5.74, 6) is 1.18. The third-order valence-electron chi connectivity index (χ3n) is 4.82. The Morgan fingerprint density at radius 2 is 1.75 bits per heavy atom. The lowest BCUT2D eigenvalue weighted by atomic mass is 10.1. The number of rotatable bonds is 8. The number of hydrogen-bond donors (Lipinski definition) is 1. The lowest BCUT2D eigenvalue weighted by Gasteiger charge is -2.10. The molecule has 1 aliphatic rings. The van der Waals surface area contributed by atoms with Crippen LogP contribution < -0.4 is 31.8 Å². The summed E-state index contributed by atoms with van der Waals surface area (Å²) in [5, 5.41) is 2.97. The average Bonchev–Trinajstić information content (AvgIpc) is 3.26. The van der Waals surface area contributed by atoms with E-state index in [-0.39, 0.29) is 30.2 Å². The minimum atomic E-state index is -0.214. The van der Waals surface area contributed by atoms with E-state index in [1.807, 2.05) is 60.9 Å². The average molecular weight is 471 g/mol. The van der Waals surface area contributed by atoms with Crippen LogP contribution in [0.25, 0.3) is 0 Å². The molecule has 1 aliphatic heterocycles. The fourth-order valence-electron chi connectivity index (χ4n) is 3.23. The minimum Gasteiger partial charge on any atom is -1.00 e. The number of carbonyl (C=O) groups excluding carboxylic acids is 2. The molecule has 6 nitrogen and oxygen atoms in total. The molecule has 0 unspecified atom stereocenters.